The zero-order chi connectivity index (χ0) is 9.14. The average molecular weight is 202 g/mol. The summed E-state index contributed by atoms with van der Waals surface area (Å²) in [6.07, 6.45) is 1.61. The Balaban J connectivity index is 2.58. The van der Waals surface area contributed by atoms with Crippen LogP contribution in [-0.4, -0.2) is 10.9 Å². The molecule has 0 unspecified atom stereocenters. The van der Waals surface area contributed by atoms with Gasteiger partial charge in [-0.2, -0.15) is 0 Å². The zero-order valence-electron chi connectivity index (χ0n) is 6.87. The highest BCUT2D eigenvalue weighted by atomic mass is 32.2. The van der Waals surface area contributed by atoms with Crippen LogP contribution in [0.5, 0.6) is 0 Å². The molecule has 0 saturated carbocycles. The average Bonchev–Trinajstić information content (AvgIpc) is 2.35. The number of nitrogens with zero attached hydrogens (tertiary/aromatic N) is 1. The maximum Gasteiger partial charge on any atom is 0.228 e. The molecule has 5 heteroatoms. The van der Waals surface area contributed by atoms with Crippen molar-refractivity contribution < 1.29 is 4.79 Å². The summed E-state index contributed by atoms with van der Waals surface area (Å²) in [5.41, 5.74) is 0. The molecule has 1 amide bonds. The minimum Gasteiger partial charge on any atom is -0.302 e. The molecule has 0 fully saturated rings. The molecule has 0 saturated heterocycles. The quantitative estimate of drug-likeness (QED) is 0.720. The van der Waals surface area contributed by atoms with Crippen molar-refractivity contribution in [3.05, 3.63) is 6.20 Å². The topological polar surface area (TPSA) is 42.0 Å². The van der Waals surface area contributed by atoms with Crippen LogP contribution in [0.25, 0.3) is 0 Å². The lowest BCUT2D eigenvalue weighted by atomic mass is 10.2. The van der Waals surface area contributed by atoms with E-state index in [2.05, 4.69) is 22.9 Å². The summed E-state index contributed by atoms with van der Waals surface area (Å²) < 4.78 is 0.800. The molecule has 0 bridgehead atoms. The Hall–Kier alpha value is -0.550. The molecular formula is C7H10N2OS2. The maximum atomic E-state index is 11.2. The molecule has 1 aromatic heterocycles. The van der Waals surface area contributed by atoms with Crippen LogP contribution in [0.4, 0.5) is 5.13 Å². The van der Waals surface area contributed by atoms with Crippen molar-refractivity contribution in [3.63, 3.8) is 0 Å². The monoisotopic (exact) mass is 202 g/mol. The summed E-state index contributed by atoms with van der Waals surface area (Å²) >= 11 is 5.44. The Kier molecular flexibility index (Phi) is 3.11. The lowest BCUT2D eigenvalue weighted by Crippen LogP contribution is -2.17. The van der Waals surface area contributed by atoms with Crippen LogP contribution in [0.15, 0.2) is 10.4 Å². The summed E-state index contributed by atoms with van der Waals surface area (Å²) in [7, 11) is 0. The van der Waals surface area contributed by atoms with E-state index in [0.717, 1.165) is 4.21 Å². The van der Waals surface area contributed by atoms with Crippen LogP contribution in [-0.2, 0) is 4.79 Å². The molecule has 66 valence electrons. The first-order chi connectivity index (χ1) is 5.59. The number of carbonyl (C=O) groups is 1. The van der Waals surface area contributed by atoms with E-state index in [1.54, 1.807) is 6.20 Å². The predicted octanol–water partition coefficient (Wildman–Crippen LogP) is 2.03. The van der Waals surface area contributed by atoms with E-state index < -0.39 is 0 Å². The third-order valence-corrected chi connectivity index (χ3v) is 2.35. The summed E-state index contributed by atoms with van der Waals surface area (Å²) in [5, 5.41) is 3.29. The molecule has 0 aromatic carbocycles. The van der Waals surface area contributed by atoms with E-state index in [9.17, 15) is 4.79 Å². The van der Waals surface area contributed by atoms with Crippen LogP contribution in [0.2, 0.25) is 0 Å². The van der Waals surface area contributed by atoms with Crippen LogP contribution >= 0.6 is 24.0 Å². The third-order valence-electron chi connectivity index (χ3n) is 1.25. The zero-order valence-corrected chi connectivity index (χ0v) is 8.58. The molecule has 1 aromatic rings. The van der Waals surface area contributed by atoms with Gasteiger partial charge in [-0.1, -0.05) is 25.2 Å². The standard InChI is InChI=1S/C7H10N2OS2/c1-4(2)6(10)9-7-8-3-5(11)12-7/h3-4,11H,1-2H3,(H,8,9,10). The maximum absolute atomic E-state index is 11.2. The minimum atomic E-state index is -0.0164. The summed E-state index contributed by atoms with van der Waals surface area (Å²) in [4.78, 5) is 15.1. The Morgan fingerprint density at radius 3 is 2.83 bits per heavy atom. The third kappa shape index (κ3) is 2.49. The van der Waals surface area contributed by atoms with Crippen molar-refractivity contribution in [2.24, 2.45) is 5.92 Å². The molecule has 0 radical (unpaired) electrons. The Morgan fingerprint density at radius 2 is 2.42 bits per heavy atom. The van der Waals surface area contributed by atoms with E-state index in [1.165, 1.54) is 11.3 Å². The van der Waals surface area contributed by atoms with Crippen LogP contribution in [0, 0.1) is 5.92 Å². The lowest BCUT2D eigenvalue weighted by Gasteiger charge is -2.02. The largest absolute Gasteiger partial charge is 0.302 e. The van der Waals surface area contributed by atoms with Crippen molar-refractivity contribution in [2.75, 3.05) is 5.32 Å². The van der Waals surface area contributed by atoms with Gasteiger partial charge >= 0.3 is 0 Å². The molecule has 0 aliphatic carbocycles. The number of amides is 1. The first-order valence-corrected chi connectivity index (χ1v) is 4.81. The van der Waals surface area contributed by atoms with E-state index in [4.69, 9.17) is 0 Å². The molecule has 0 aliphatic heterocycles. The number of carbonyl (C=O) groups excluding carboxylic acids is 1. The fraction of sp³-hybridized carbons (Fsp3) is 0.429. The van der Waals surface area contributed by atoms with Crippen molar-refractivity contribution in [1.29, 1.82) is 0 Å². The fourth-order valence-electron chi connectivity index (χ4n) is 0.573. The Bertz CT molecular complexity index is 283. The predicted molar refractivity (Wildman–Crippen MR) is 52.8 cm³/mol. The molecular weight excluding hydrogens is 192 g/mol. The van der Waals surface area contributed by atoms with Gasteiger partial charge in [0.1, 0.15) is 0 Å². The number of nitrogens with one attached hydrogen (secondary N) is 1. The highest BCUT2D eigenvalue weighted by Gasteiger charge is 2.08. The molecule has 0 atom stereocenters. The van der Waals surface area contributed by atoms with Crippen molar-refractivity contribution in [3.8, 4) is 0 Å². The number of hydrogen-bond donors (Lipinski definition) is 2. The summed E-state index contributed by atoms with van der Waals surface area (Å²) in [5.74, 6) is -0.0325. The second-order valence-corrected chi connectivity index (χ2v) is 4.46. The number of rotatable bonds is 2. The Morgan fingerprint density at radius 1 is 1.75 bits per heavy atom. The molecule has 1 heterocycles. The highest BCUT2D eigenvalue weighted by molar-refractivity contribution is 7.83. The SMILES string of the molecule is CC(C)C(=O)Nc1ncc(S)s1. The van der Waals surface area contributed by atoms with Gasteiger partial charge in [-0.15, -0.1) is 12.6 Å². The molecule has 1 N–H and O–H groups in total. The van der Waals surface area contributed by atoms with Crippen molar-refractivity contribution >= 4 is 35.0 Å². The summed E-state index contributed by atoms with van der Waals surface area (Å²) in [6.45, 7) is 3.68. The smallest absolute Gasteiger partial charge is 0.228 e. The number of thiol groups is 1. The minimum absolute atomic E-state index is 0.0160. The van der Waals surface area contributed by atoms with Crippen molar-refractivity contribution in [1.82, 2.24) is 4.98 Å². The number of anilines is 1. The van der Waals surface area contributed by atoms with Crippen LogP contribution in [0.3, 0.4) is 0 Å². The molecule has 3 nitrogen and oxygen atoms in total. The number of hydrogen-bond acceptors (Lipinski definition) is 4. The van der Waals surface area contributed by atoms with Gasteiger partial charge in [0, 0.05) is 5.92 Å². The molecule has 1 rings (SSSR count). The van der Waals surface area contributed by atoms with Crippen molar-refractivity contribution in [2.45, 2.75) is 18.1 Å². The van der Waals surface area contributed by atoms with Crippen LogP contribution < -0.4 is 5.32 Å². The van der Waals surface area contributed by atoms with Gasteiger partial charge in [-0.3, -0.25) is 4.79 Å². The molecule has 0 spiro atoms. The van der Waals surface area contributed by atoms with Gasteiger partial charge in [0.15, 0.2) is 5.13 Å². The first-order valence-electron chi connectivity index (χ1n) is 3.55. The highest BCUT2D eigenvalue weighted by Crippen LogP contribution is 2.21. The first kappa shape index (κ1) is 9.54. The molecule has 0 aliphatic rings. The van der Waals surface area contributed by atoms with E-state index >= 15 is 0 Å². The summed E-state index contributed by atoms with van der Waals surface area (Å²) in [6, 6.07) is 0. The number of thiazole rings is 1. The van der Waals surface area contributed by atoms with Gasteiger partial charge < -0.3 is 5.32 Å². The van der Waals surface area contributed by atoms with E-state index in [0.29, 0.717) is 5.13 Å². The molecule has 12 heavy (non-hydrogen) atoms. The van der Waals surface area contributed by atoms with E-state index in [-0.39, 0.29) is 11.8 Å². The van der Waals surface area contributed by atoms with Gasteiger partial charge in [0.2, 0.25) is 5.91 Å². The fourth-order valence-corrected chi connectivity index (χ4v) is 1.45. The van der Waals surface area contributed by atoms with Gasteiger partial charge in [-0.05, 0) is 0 Å². The normalized spacial score (nSPS) is 10.3. The van der Waals surface area contributed by atoms with Gasteiger partial charge in [-0.25, -0.2) is 4.98 Å². The van der Waals surface area contributed by atoms with E-state index in [1.807, 2.05) is 13.8 Å². The van der Waals surface area contributed by atoms with Gasteiger partial charge in [0.05, 0.1) is 10.4 Å². The van der Waals surface area contributed by atoms with Gasteiger partial charge in [0.25, 0.3) is 0 Å². The second kappa shape index (κ2) is 3.91. The number of aromatic nitrogens is 1. The van der Waals surface area contributed by atoms with Crippen LogP contribution in [0.1, 0.15) is 13.8 Å². The Labute approximate surface area is 80.6 Å². The lowest BCUT2D eigenvalue weighted by molar-refractivity contribution is -0.118. The second-order valence-electron chi connectivity index (χ2n) is 2.65.